The Morgan fingerprint density at radius 1 is 1.24 bits per heavy atom. The Morgan fingerprint density at radius 2 is 2.03 bits per heavy atom. The molecule has 2 aliphatic rings. The molecule has 2 N–H and O–H groups in total. The molecule has 4 heterocycles. The smallest absolute Gasteiger partial charge is 0.337 e. The number of ether oxygens (including phenoxy) is 1. The fourth-order valence-electron chi connectivity index (χ4n) is 5.26. The number of aromatic carboxylic acids is 1. The SMILES string of the molecule is Cc1cc([C@@H]2[C@H](c3ccccn3)NC(=S)N2C[C@@H]2CCCO2)c(C)n1-c1ccccc1C(=O)O. The Morgan fingerprint density at radius 3 is 2.74 bits per heavy atom. The van der Waals surface area contributed by atoms with E-state index in [-0.39, 0.29) is 23.8 Å². The molecule has 0 bridgehead atoms. The number of carbonyl (C=O) groups is 1. The summed E-state index contributed by atoms with van der Waals surface area (Å²) >= 11 is 5.81. The molecule has 0 radical (unpaired) electrons. The van der Waals surface area contributed by atoms with Gasteiger partial charge >= 0.3 is 5.97 Å². The fourth-order valence-corrected chi connectivity index (χ4v) is 5.57. The van der Waals surface area contributed by atoms with Crippen molar-refractivity contribution in [3.05, 3.63) is 82.9 Å². The van der Waals surface area contributed by atoms with Crippen molar-refractivity contribution in [1.29, 1.82) is 0 Å². The van der Waals surface area contributed by atoms with Crippen LogP contribution in [0.25, 0.3) is 5.69 Å². The normalized spacial score (nSPS) is 22.2. The van der Waals surface area contributed by atoms with Gasteiger partial charge in [-0.1, -0.05) is 18.2 Å². The van der Waals surface area contributed by atoms with E-state index in [0.29, 0.717) is 17.3 Å². The van der Waals surface area contributed by atoms with E-state index in [1.807, 2.05) is 48.7 Å². The highest BCUT2D eigenvalue weighted by Gasteiger charge is 2.42. The molecule has 8 heteroatoms. The molecule has 0 aliphatic carbocycles. The van der Waals surface area contributed by atoms with Crippen molar-refractivity contribution in [2.45, 2.75) is 44.9 Å². The Labute approximate surface area is 204 Å². The quantitative estimate of drug-likeness (QED) is 0.513. The average Bonchev–Trinajstić information content (AvgIpc) is 3.53. The Balaban J connectivity index is 1.62. The fraction of sp³-hybridized carbons (Fsp3) is 0.346. The molecule has 0 spiro atoms. The molecule has 0 saturated carbocycles. The molecule has 2 aliphatic heterocycles. The summed E-state index contributed by atoms with van der Waals surface area (Å²) in [6.07, 6.45) is 4.02. The number of benzene rings is 1. The number of thiocarbonyl (C=S) groups is 1. The number of para-hydroxylation sites is 1. The Hall–Kier alpha value is -3.23. The molecule has 3 atom stereocenters. The van der Waals surface area contributed by atoms with Gasteiger partial charge in [-0.05, 0) is 74.8 Å². The van der Waals surface area contributed by atoms with Crippen LogP contribution in [0.15, 0.2) is 54.7 Å². The number of nitrogens with zero attached hydrogens (tertiary/aromatic N) is 3. The summed E-state index contributed by atoms with van der Waals surface area (Å²) in [7, 11) is 0. The van der Waals surface area contributed by atoms with E-state index in [9.17, 15) is 9.90 Å². The molecular weight excluding hydrogens is 448 g/mol. The first kappa shape index (κ1) is 22.6. The maximum Gasteiger partial charge on any atom is 0.337 e. The maximum absolute atomic E-state index is 11.9. The zero-order chi connectivity index (χ0) is 23.8. The molecule has 5 rings (SSSR count). The summed E-state index contributed by atoms with van der Waals surface area (Å²) in [5.41, 5.74) is 4.90. The average molecular weight is 477 g/mol. The van der Waals surface area contributed by atoms with Crippen molar-refractivity contribution in [3.63, 3.8) is 0 Å². The van der Waals surface area contributed by atoms with Gasteiger partial charge in [-0.3, -0.25) is 4.98 Å². The minimum Gasteiger partial charge on any atom is -0.478 e. The third-order valence-corrected chi connectivity index (χ3v) is 7.14. The number of hydrogen-bond donors (Lipinski definition) is 2. The predicted octanol–water partition coefficient (Wildman–Crippen LogP) is 4.34. The van der Waals surface area contributed by atoms with Gasteiger partial charge in [-0.2, -0.15) is 0 Å². The van der Waals surface area contributed by atoms with Gasteiger partial charge in [-0.15, -0.1) is 0 Å². The molecule has 2 aromatic heterocycles. The van der Waals surface area contributed by atoms with Gasteiger partial charge in [0.05, 0.1) is 35.1 Å². The highest BCUT2D eigenvalue weighted by atomic mass is 32.1. The molecule has 0 amide bonds. The van der Waals surface area contributed by atoms with Crippen LogP contribution in [0.3, 0.4) is 0 Å². The maximum atomic E-state index is 11.9. The minimum atomic E-state index is -0.945. The van der Waals surface area contributed by atoms with E-state index in [2.05, 4.69) is 21.3 Å². The molecule has 2 saturated heterocycles. The van der Waals surface area contributed by atoms with E-state index in [4.69, 9.17) is 17.0 Å². The largest absolute Gasteiger partial charge is 0.478 e. The van der Waals surface area contributed by atoms with Gasteiger partial charge in [0, 0.05) is 30.7 Å². The van der Waals surface area contributed by atoms with Crippen molar-refractivity contribution in [1.82, 2.24) is 19.8 Å². The molecule has 7 nitrogen and oxygen atoms in total. The van der Waals surface area contributed by atoms with Crippen LogP contribution >= 0.6 is 12.2 Å². The number of nitrogens with one attached hydrogen (secondary N) is 1. The summed E-state index contributed by atoms with van der Waals surface area (Å²) in [6.45, 7) is 5.54. The topological polar surface area (TPSA) is 79.6 Å². The highest BCUT2D eigenvalue weighted by molar-refractivity contribution is 7.80. The molecule has 2 fully saturated rings. The Bertz CT molecular complexity index is 1220. The van der Waals surface area contributed by atoms with Crippen LogP contribution in [0.1, 0.15) is 57.9 Å². The van der Waals surface area contributed by atoms with Crippen molar-refractivity contribution >= 4 is 23.3 Å². The lowest BCUT2D eigenvalue weighted by Crippen LogP contribution is -2.36. The molecular formula is C26H28N4O3S. The van der Waals surface area contributed by atoms with E-state index in [0.717, 1.165) is 42.1 Å². The molecule has 34 heavy (non-hydrogen) atoms. The predicted molar refractivity (Wildman–Crippen MR) is 133 cm³/mol. The third kappa shape index (κ3) is 3.97. The van der Waals surface area contributed by atoms with Gasteiger partial charge in [0.1, 0.15) is 0 Å². The van der Waals surface area contributed by atoms with Crippen LogP contribution in [0.5, 0.6) is 0 Å². The van der Waals surface area contributed by atoms with Crippen molar-refractivity contribution in [2.24, 2.45) is 0 Å². The number of rotatable bonds is 6. The van der Waals surface area contributed by atoms with Crippen LogP contribution in [0.4, 0.5) is 0 Å². The van der Waals surface area contributed by atoms with Gasteiger partial charge in [0.25, 0.3) is 0 Å². The van der Waals surface area contributed by atoms with Gasteiger partial charge in [0.2, 0.25) is 0 Å². The van der Waals surface area contributed by atoms with Crippen molar-refractivity contribution < 1.29 is 14.6 Å². The summed E-state index contributed by atoms with van der Waals surface area (Å²) < 4.78 is 7.97. The third-order valence-electron chi connectivity index (χ3n) is 6.79. The van der Waals surface area contributed by atoms with Crippen molar-refractivity contribution in [3.8, 4) is 5.69 Å². The van der Waals surface area contributed by atoms with Crippen LogP contribution < -0.4 is 5.32 Å². The molecule has 0 unspecified atom stereocenters. The number of aryl methyl sites for hydroxylation is 1. The number of aromatic nitrogens is 2. The summed E-state index contributed by atoms with van der Waals surface area (Å²) in [5, 5.41) is 14.0. The number of carboxylic acids is 1. The number of pyridine rings is 1. The van der Waals surface area contributed by atoms with Gasteiger partial charge < -0.3 is 24.6 Å². The number of hydrogen-bond acceptors (Lipinski definition) is 4. The van der Waals surface area contributed by atoms with Gasteiger partial charge in [-0.25, -0.2) is 4.79 Å². The van der Waals surface area contributed by atoms with Crippen LogP contribution in [0.2, 0.25) is 0 Å². The van der Waals surface area contributed by atoms with E-state index in [1.54, 1.807) is 18.3 Å². The first-order valence-corrected chi connectivity index (χ1v) is 12.0. The lowest BCUT2D eigenvalue weighted by Gasteiger charge is -2.30. The van der Waals surface area contributed by atoms with E-state index >= 15 is 0 Å². The molecule has 176 valence electrons. The monoisotopic (exact) mass is 476 g/mol. The Kier molecular flexibility index (Phi) is 6.10. The van der Waals surface area contributed by atoms with Crippen LogP contribution in [-0.2, 0) is 4.74 Å². The molecule has 1 aromatic carbocycles. The lowest BCUT2D eigenvalue weighted by atomic mass is 9.96. The van der Waals surface area contributed by atoms with Crippen LogP contribution in [0, 0.1) is 13.8 Å². The second kappa shape index (κ2) is 9.19. The van der Waals surface area contributed by atoms with Gasteiger partial charge in [0.15, 0.2) is 5.11 Å². The first-order chi connectivity index (χ1) is 16.5. The number of carboxylic acid groups (broad SMARTS) is 1. The second-order valence-corrected chi connectivity index (χ2v) is 9.28. The lowest BCUT2D eigenvalue weighted by molar-refractivity contribution is 0.0697. The first-order valence-electron chi connectivity index (χ1n) is 11.6. The highest BCUT2D eigenvalue weighted by Crippen LogP contribution is 2.42. The zero-order valence-corrected chi connectivity index (χ0v) is 20.1. The van der Waals surface area contributed by atoms with Crippen LogP contribution in [-0.4, -0.2) is 49.9 Å². The zero-order valence-electron chi connectivity index (χ0n) is 19.3. The summed E-state index contributed by atoms with van der Waals surface area (Å²) in [5.74, 6) is -0.945. The molecule has 3 aromatic rings. The van der Waals surface area contributed by atoms with E-state index in [1.165, 1.54) is 0 Å². The summed E-state index contributed by atoms with van der Waals surface area (Å²) in [6, 6.07) is 14.9. The standard InChI is InChI=1S/C26H28N4O3S/c1-16-14-20(17(2)30(16)22-11-4-3-9-19(22)25(31)32)24-23(21-10-5-6-12-27-21)28-26(34)29(24)15-18-8-7-13-33-18/h3-6,9-12,14,18,23-24H,7-8,13,15H2,1-2H3,(H,28,34)(H,31,32)/t18-,23-,24+/m0/s1. The minimum absolute atomic E-state index is 0.0939. The van der Waals surface area contributed by atoms with Crippen molar-refractivity contribution in [2.75, 3.05) is 13.2 Å². The summed E-state index contributed by atoms with van der Waals surface area (Å²) in [4.78, 5) is 18.8. The second-order valence-electron chi connectivity index (χ2n) is 8.90. The van der Waals surface area contributed by atoms with E-state index < -0.39 is 5.97 Å².